The van der Waals surface area contributed by atoms with Crippen LogP contribution in [-0.4, -0.2) is 61.1 Å². The maximum absolute atomic E-state index is 6.66. The summed E-state index contributed by atoms with van der Waals surface area (Å²) in [7, 11) is 1.57. The maximum Gasteiger partial charge on any atom is 0.232 e. The number of fused-ring (bicyclic) bond motifs is 1. The third-order valence-corrected chi connectivity index (χ3v) is 5.70. The molecule has 3 aromatic heterocycles. The molecule has 8 heteroatoms. The van der Waals surface area contributed by atoms with Gasteiger partial charge in [0.15, 0.2) is 0 Å². The summed E-state index contributed by atoms with van der Waals surface area (Å²) in [6.45, 7) is 3.53. The van der Waals surface area contributed by atoms with Crippen molar-refractivity contribution in [2.45, 2.75) is 0 Å². The van der Waals surface area contributed by atoms with Crippen LogP contribution >= 0.6 is 11.6 Å². The van der Waals surface area contributed by atoms with Crippen LogP contribution < -0.4 is 9.64 Å². The summed E-state index contributed by atoms with van der Waals surface area (Å²) in [5.74, 6) is 1.27. The Morgan fingerprint density at radius 3 is 2.70 bits per heavy atom. The Balaban J connectivity index is 1.77. The molecule has 7 nitrogen and oxygen atoms in total. The average molecular weight is 422 g/mol. The number of methoxy groups -OCH3 is 1. The van der Waals surface area contributed by atoms with Gasteiger partial charge in [0.05, 0.1) is 38.1 Å². The van der Waals surface area contributed by atoms with E-state index in [1.165, 1.54) is 0 Å². The van der Waals surface area contributed by atoms with E-state index in [1.807, 2.05) is 30.6 Å². The Hall–Kier alpha value is -3.03. The molecule has 0 saturated carbocycles. The third-order valence-electron chi connectivity index (χ3n) is 5.34. The number of anilines is 1. The van der Waals surface area contributed by atoms with Crippen LogP contribution in [0.25, 0.3) is 27.6 Å². The number of ether oxygens (including phenoxy) is 2. The van der Waals surface area contributed by atoms with Crippen molar-refractivity contribution < 1.29 is 9.47 Å². The Morgan fingerprint density at radius 1 is 1.10 bits per heavy atom. The molecule has 0 radical (unpaired) electrons. The average Bonchev–Trinajstić information content (AvgIpc) is 3.33. The second-order valence-electron chi connectivity index (χ2n) is 7.05. The molecule has 0 spiro atoms. The standard InChI is InChI=1S/C22H20ClN5O2/c1-29-22-19(23)15(3-7-26-22)17-12-18(28-8-10-30-11-9-28)27-21-16(17)4-6-25-20(21)14-2-5-24-13-14/h2-7,12H,8-11,13H2,1H3. The number of rotatable bonds is 4. The minimum absolute atomic E-state index is 0.397. The van der Waals surface area contributed by atoms with E-state index in [2.05, 4.69) is 25.9 Å². The molecule has 0 aromatic carbocycles. The molecule has 30 heavy (non-hydrogen) atoms. The molecule has 0 aliphatic carbocycles. The fraction of sp³-hybridized carbons (Fsp3) is 0.273. The van der Waals surface area contributed by atoms with Crippen molar-refractivity contribution in [1.82, 2.24) is 15.0 Å². The molecule has 0 amide bonds. The molecule has 0 atom stereocenters. The summed E-state index contributed by atoms with van der Waals surface area (Å²) in [4.78, 5) is 20.4. The van der Waals surface area contributed by atoms with Gasteiger partial charge in [-0.2, -0.15) is 0 Å². The normalized spacial score (nSPS) is 16.2. The van der Waals surface area contributed by atoms with E-state index in [-0.39, 0.29) is 0 Å². The maximum atomic E-state index is 6.66. The quantitative estimate of drug-likeness (QED) is 0.640. The zero-order valence-corrected chi connectivity index (χ0v) is 17.3. The highest BCUT2D eigenvalue weighted by molar-refractivity contribution is 6.35. The van der Waals surface area contributed by atoms with E-state index in [4.69, 9.17) is 26.1 Å². The predicted octanol–water partition coefficient (Wildman–Crippen LogP) is 3.66. The second-order valence-corrected chi connectivity index (χ2v) is 7.42. The molecular weight excluding hydrogens is 402 g/mol. The number of aromatic nitrogens is 3. The van der Waals surface area contributed by atoms with Crippen LogP contribution in [0.1, 0.15) is 5.69 Å². The van der Waals surface area contributed by atoms with Gasteiger partial charge >= 0.3 is 0 Å². The van der Waals surface area contributed by atoms with E-state index in [0.29, 0.717) is 30.7 Å². The number of pyridine rings is 3. The fourth-order valence-electron chi connectivity index (χ4n) is 3.83. The first-order chi connectivity index (χ1) is 14.8. The molecule has 1 fully saturated rings. The van der Waals surface area contributed by atoms with Crippen LogP contribution in [0.3, 0.4) is 0 Å². The summed E-state index contributed by atoms with van der Waals surface area (Å²) in [5.41, 5.74) is 4.55. The summed E-state index contributed by atoms with van der Waals surface area (Å²) in [6.07, 6.45) is 7.32. The predicted molar refractivity (Wildman–Crippen MR) is 119 cm³/mol. The number of nitrogens with zero attached hydrogens (tertiary/aromatic N) is 5. The number of halogens is 1. The van der Waals surface area contributed by atoms with Crippen LogP contribution in [0.2, 0.25) is 5.02 Å². The molecule has 0 unspecified atom stereocenters. The number of hydrogen-bond donors (Lipinski definition) is 0. The van der Waals surface area contributed by atoms with Gasteiger partial charge in [-0.15, -0.1) is 0 Å². The van der Waals surface area contributed by atoms with Crippen molar-refractivity contribution in [3.8, 4) is 17.0 Å². The summed E-state index contributed by atoms with van der Waals surface area (Å²) in [5, 5.41) is 1.45. The zero-order valence-electron chi connectivity index (χ0n) is 16.5. The van der Waals surface area contributed by atoms with Gasteiger partial charge in [-0.1, -0.05) is 11.6 Å². The molecule has 1 saturated heterocycles. The van der Waals surface area contributed by atoms with Crippen molar-refractivity contribution in [3.63, 3.8) is 0 Å². The first-order valence-electron chi connectivity index (χ1n) is 9.77. The fourth-order valence-corrected chi connectivity index (χ4v) is 4.12. The highest BCUT2D eigenvalue weighted by Crippen LogP contribution is 2.39. The molecule has 152 valence electrons. The van der Waals surface area contributed by atoms with Crippen molar-refractivity contribution in [1.29, 1.82) is 0 Å². The van der Waals surface area contributed by atoms with Crippen molar-refractivity contribution >= 4 is 40.1 Å². The van der Waals surface area contributed by atoms with Gasteiger partial charge in [-0.25, -0.2) is 9.97 Å². The number of hydrogen-bond acceptors (Lipinski definition) is 7. The number of aliphatic imine (C=N–C) groups is 1. The van der Waals surface area contributed by atoms with Gasteiger partial charge < -0.3 is 14.4 Å². The van der Waals surface area contributed by atoms with Crippen LogP contribution in [0.5, 0.6) is 5.88 Å². The highest BCUT2D eigenvalue weighted by Gasteiger charge is 2.21. The van der Waals surface area contributed by atoms with E-state index < -0.39 is 0 Å². The van der Waals surface area contributed by atoms with Crippen molar-refractivity contribution in [2.24, 2.45) is 4.99 Å². The van der Waals surface area contributed by atoms with Crippen LogP contribution in [-0.2, 0) is 4.74 Å². The van der Waals surface area contributed by atoms with E-state index >= 15 is 0 Å². The van der Waals surface area contributed by atoms with Gasteiger partial charge in [0, 0.05) is 48.2 Å². The topological polar surface area (TPSA) is 72.7 Å². The van der Waals surface area contributed by atoms with Gasteiger partial charge in [0.1, 0.15) is 10.8 Å². The Kier molecular flexibility index (Phi) is 5.06. The third kappa shape index (κ3) is 3.30. The monoisotopic (exact) mass is 421 g/mol. The van der Waals surface area contributed by atoms with E-state index in [9.17, 15) is 0 Å². The lowest BCUT2D eigenvalue weighted by molar-refractivity contribution is 0.122. The minimum atomic E-state index is 0.397. The van der Waals surface area contributed by atoms with E-state index in [1.54, 1.807) is 13.3 Å². The van der Waals surface area contributed by atoms with Crippen LogP contribution in [0, 0.1) is 0 Å². The summed E-state index contributed by atoms with van der Waals surface area (Å²) in [6, 6.07) is 5.96. The zero-order chi connectivity index (χ0) is 20.5. The molecule has 5 heterocycles. The molecule has 5 rings (SSSR count). The largest absolute Gasteiger partial charge is 0.480 e. The Morgan fingerprint density at radius 2 is 1.93 bits per heavy atom. The van der Waals surface area contributed by atoms with Gasteiger partial charge in [0.2, 0.25) is 5.88 Å². The highest BCUT2D eigenvalue weighted by atomic mass is 35.5. The molecular formula is C22H20ClN5O2. The van der Waals surface area contributed by atoms with Gasteiger partial charge in [-0.05, 0) is 29.8 Å². The Labute approximate surface area is 179 Å². The molecule has 2 aliphatic heterocycles. The van der Waals surface area contributed by atoms with E-state index in [0.717, 1.165) is 52.2 Å². The first kappa shape index (κ1) is 19.0. The van der Waals surface area contributed by atoms with Crippen molar-refractivity contribution in [2.75, 3.05) is 44.9 Å². The second kappa shape index (κ2) is 8.01. The summed E-state index contributed by atoms with van der Waals surface area (Å²) >= 11 is 6.66. The number of morpholine rings is 1. The van der Waals surface area contributed by atoms with Gasteiger partial charge in [0.25, 0.3) is 0 Å². The van der Waals surface area contributed by atoms with Gasteiger partial charge in [-0.3, -0.25) is 9.98 Å². The Bertz CT molecular complexity index is 1170. The molecule has 0 N–H and O–H groups in total. The number of allylic oxidation sites excluding steroid dienone is 1. The SMILES string of the molecule is COc1nccc(-c2cc(N3CCOCC3)nc3c(C4=CC=NC4)nccc23)c1Cl. The summed E-state index contributed by atoms with van der Waals surface area (Å²) < 4.78 is 10.9. The smallest absolute Gasteiger partial charge is 0.232 e. The lowest BCUT2D eigenvalue weighted by Crippen LogP contribution is -2.36. The van der Waals surface area contributed by atoms with Crippen molar-refractivity contribution in [3.05, 3.63) is 47.4 Å². The van der Waals surface area contributed by atoms with Crippen LogP contribution in [0.15, 0.2) is 41.7 Å². The first-order valence-corrected chi connectivity index (χ1v) is 10.1. The molecule has 0 bridgehead atoms. The minimum Gasteiger partial charge on any atom is -0.480 e. The molecule has 2 aliphatic rings. The molecule has 3 aromatic rings. The lowest BCUT2D eigenvalue weighted by Gasteiger charge is -2.28. The van der Waals surface area contributed by atoms with Crippen LogP contribution in [0.4, 0.5) is 5.82 Å². The lowest BCUT2D eigenvalue weighted by atomic mass is 9.99.